The molecule has 0 aliphatic carbocycles. The largest absolute Gasteiger partial charge is 0.356 e. The van der Waals surface area contributed by atoms with Gasteiger partial charge < -0.3 is 9.42 Å². The summed E-state index contributed by atoms with van der Waals surface area (Å²) in [7, 11) is 0. The maximum atomic E-state index is 13.0. The number of para-hydroxylation sites is 1. The minimum Gasteiger partial charge on any atom is -0.356 e. The van der Waals surface area contributed by atoms with E-state index in [9.17, 15) is 9.18 Å². The van der Waals surface area contributed by atoms with Crippen LogP contribution in [0, 0.1) is 5.82 Å². The summed E-state index contributed by atoms with van der Waals surface area (Å²) < 4.78 is 18.4. The van der Waals surface area contributed by atoms with Gasteiger partial charge in [0.25, 0.3) is 0 Å². The fourth-order valence-electron chi connectivity index (χ4n) is 3.37. The van der Waals surface area contributed by atoms with E-state index >= 15 is 0 Å². The summed E-state index contributed by atoms with van der Waals surface area (Å²) in [5.74, 6) is -0.254. The molecule has 1 fully saturated rings. The van der Waals surface area contributed by atoms with E-state index in [-0.39, 0.29) is 24.2 Å². The van der Waals surface area contributed by atoms with E-state index in [4.69, 9.17) is 4.52 Å². The molecular weight excluding hydrogens is 307 g/mol. The highest BCUT2D eigenvalue weighted by Crippen LogP contribution is 2.35. The van der Waals surface area contributed by atoms with Gasteiger partial charge in [-0.2, -0.15) is 0 Å². The number of hydrogen-bond acceptors (Lipinski definition) is 3. The second kappa shape index (κ2) is 6.07. The van der Waals surface area contributed by atoms with E-state index in [1.54, 1.807) is 12.1 Å². The molecule has 0 radical (unpaired) electrons. The molecule has 0 bridgehead atoms. The molecule has 1 saturated heterocycles. The quantitative estimate of drug-likeness (QED) is 0.734. The van der Waals surface area contributed by atoms with Crippen LogP contribution in [0.25, 0.3) is 11.0 Å². The van der Waals surface area contributed by atoms with E-state index < -0.39 is 0 Å². The third kappa shape index (κ3) is 2.66. The Bertz CT molecular complexity index is 872. The zero-order valence-corrected chi connectivity index (χ0v) is 13.1. The molecule has 1 amide bonds. The molecule has 5 heteroatoms. The molecule has 2 heterocycles. The third-order valence-corrected chi connectivity index (χ3v) is 4.56. The zero-order chi connectivity index (χ0) is 16.5. The molecule has 3 aromatic rings. The lowest BCUT2D eigenvalue weighted by Crippen LogP contribution is -2.32. The summed E-state index contributed by atoms with van der Waals surface area (Å²) in [5.41, 5.74) is 2.39. The molecule has 122 valence electrons. The summed E-state index contributed by atoms with van der Waals surface area (Å²) in [4.78, 5) is 14.6. The molecule has 1 aromatic heterocycles. The Balaban J connectivity index is 1.58. The monoisotopic (exact) mass is 324 g/mol. The smallest absolute Gasteiger partial charge is 0.227 e. The van der Waals surface area contributed by atoms with Crippen molar-refractivity contribution < 1.29 is 13.7 Å². The maximum Gasteiger partial charge on any atom is 0.227 e. The van der Waals surface area contributed by atoms with Crippen LogP contribution in [0.15, 0.2) is 53.1 Å². The average Bonchev–Trinajstić information content (AvgIpc) is 3.23. The van der Waals surface area contributed by atoms with Gasteiger partial charge in [0.1, 0.15) is 11.5 Å². The first kappa shape index (κ1) is 14.9. The lowest BCUT2D eigenvalue weighted by molar-refractivity contribution is -0.131. The van der Waals surface area contributed by atoms with Crippen molar-refractivity contribution in [3.8, 4) is 0 Å². The predicted molar refractivity (Wildman–Crippen MR) is 87.8 cm³/mol. The van der Waals surface area contributed by atoms with Crippen LogP contribution in [0.2, 0.25) is 0 Å². The van der Waals surface area contributed by atoms with Crippen molar-refractivity contribution in [2.24, 2.45) is 0 Å². The van der Waals surface area contributed by atoms with E-state index in [0.717, 1.165) is 35.1 Å². The highest BCUT2D eigenvalue weighted by Gasteiger charge is 2.33. The molecule has 4 rings (SSSR count). The standard InChI is InChI=1S/C19H17FN2O2/c20-14-9-7-13(8-10-14)12-18(23)22-11-3-5-16(22)19-15-4-1-2-6-17(15)24-21-19/h1-2,4,6-10,16H,3,5,11-12H2/t16-/m1/s1. The highest BCUT2D eigenvalue weighted by molar-refractivity contribution is 5.83. The first-order valence-corrected chi connectivity index (χ1v) is 8.10. The Morgan fingerprint density at radius 3 is 2.83 bits per heavy atom. The van der Waals surface area contributed by atoms with Crippen LogP contribution >= 0.6 is 0 Å². The van der Waals surface area contributed by atoms with Crippen molar-refractivity contribution >= 4 is 16.9 Å². The van der Waals surface area contributed by atoms with Crippen molar-refractivity contribution in [3.63, 3.8) is 0 Å². The summed E-state index contributed by atoms with van der Waals surface area (Å²) in [5, 5.41) is 5.17. The molecule has 1 aliphatic rings. The van der Waals surface area contributed by atoms with E-state index in [1.807, 2.05) is 29.2 Å². The highest BCUT2D eigenvalue weighted by atomic mass is 19.1. The van der Waals surface area contributed by atoms with E-state index in [1.165, 1.54) is 12.1 Å². The predicted octanol–water partition coefficient (Wildman–Crippen LogP) is 3.87. The number of rotatable bonds is 3. The van der Waals surface area contributed by atoms with Crippen LogP contribution < -0.4 is 0 Å². The number of carbonyl (C=O) groups excluding carboxylic acids is 1. The Labute approximate surface area is 138 Å². The van der Waals surface area contributed by atoms with E-state index in [0.29, 0.717) is 6.54 Å². The number of carbonyl (C=O) groups is 1. The number of likely N-dealkylation sites (tertiary alicyclic amines) is 1. The van der Waals surface area contributed by atoms with Gasteiger partial charge in [-0.1, -0.05) is 29.4 Å². The molecule has 0 unspecified atom stereocenters. The van der Waals surface area contributed by atoms with Crippen LogP contribution in [-0.4, -0.2) is 22.5 Å². The SMILES string of the molecule is O=C(Cc1ccc(F)cc1)N1CCC[C@@H]1c1noc2ccccc12. The van der Waals surface area contributed by atoms with Crippen LogP contribution in [0.5, 0.6) is 0 Å². The molecule has 2 aromatic carbocycles. The molecule has 0 saturated carbocycles. The van der Waals surface area contributed by atoms with Crippen molar-refractivity contribution in [2.75, 3.05) is 6.54 Å². The first-order valence-electron chi connectivity index (χ1n) is 8.10. The fourth-order valence-corrected chi connectivity index (χ4v) is 3.37. The van der Waals surface area contributed by atoms with Gasteiger partial charge in [-0.3, -0.25) is 4.79 Å². The van der Waals surface area contributed by atoms with Gasteiger partial charge in [0, 0.05) is 11.9 Å². The van der Waals surface area contributed by atoms with Gasteiger partial charge in [0.05, 0.1) is 12.5 Å². The first-order chi connectivity index (χ1) is 11.7. The van der Waals surface area contributed by atoms with Gasteiger partial charge in [-0.15, -0.1) is 0 Å². The second-order valence-corrected chi connectivity index (χ2v) is 6.11. The third-order valence-electron chi connectivity index (χ3n) is 4.56. The maximum absolute atomic E-state index is 13.0. The number of benzene rings is 2. The van der Waals surface area contributed by atoms with Gasteiger partial charge in [0.15, 0.2) is 5.58 Å². The molecule has 0 N–H and O–H groups in total. The van der Waals surface area contributed by atoms with Gasteiger partial charge in [0.2, 0.25) is 5.91 Å². The van der Waals surface area contributed by atoms with Crippen LogP contribution in [0.3, 0.4) is 0 Å². The summed E-state index contributed by atoms with van der Waals surface area (Å²) in [6, 6.07) is 13.7. The lowest BCUT2D eigenvalue weighted by atomic mass is 10.1. The molecule has 24 heavy (non-hydrogen) atoms. The number of fused-ring (bicyclic) bond motifs is 1. The number of halogens is 1. The zero-order valence-electron chi connectivity index (χ0n) is 13.1. The van der Waals surface area contributed by atoms with Crippen molar-refractivity contribution in [3.05, 3.63) is 65.6 Å². The second-order valence-electron chi connectivity index (χ2n) is 6.11. The summed E-state index contributed by atoms with van der Waals surface area (Å²) >= 11 is 0. The molecule has 1 aliphatic heterocycles. The fraction of sp³-hybridized carbons (Fsp3) is 0.263. The number of nitrogens with zero attached hydrogens (tertiary/aromatic N) is 2. The topological polar surface area (TPSA) is 46.3 Å². The lowest BCUT2D eigenvalue weighted by Gasteiger charge is -2.23. The Kier molecular flexibility index (Phi) is 3.76. The van der Waals surface area contributed by atoms with Gasteiger partial charge in [-0.05, 0) is 42.7 Å². The van der Waals surface area contributed by atoms with Crippen molar-refractivity contribution in [1.82, 2.24) is 10.1 Å². The normalized spacial score (nSPS) is 17.5. The Morgan fingerprint density at radius 1 is 1.21 bits per heavy atom. The van der Waals surface area contributed by atoms with Crippen molar-refractivity contribution in [2.45, 2.75) is 25.3 Å². The van der Waals surface area contributed by atoms with Gasteiger partial charge in [-0.25, -0.2) is 4.39 Å². The number of aromatic nitrogens is 1. The molecule has 0 spiro atoms. The summed E-state index contributed by atoms with van der Waals surface area (Å²) in [6.07, 6.45) is 2.10. The van der Waals surface area contributed by atoms with Crippen LogP contribution in [0.4, 0.5) is 4.39 Å². The van der Waals surface area contributed by atoms with Crippen LogP contribution in [-0.2, 0) is 11.2 Å². The minimum atomic E-state index is -0.292. The minimum absolute atomic E-state index is 0.0381. The number of amides is 1. The summed E-state index contributed by atoms with van der Waals surface area (Å²) in [6.45, 7) is 0.714. The van der Waals surface area contributed by atoms with E-state index in [2.05, 4.69) is 5.16 Å². The molecule has 1 atom stereocenters. The Morgan fingerprint density at radius 2 is 2.00 bits per heavy atom. The molecule has 4 nitrogen and oxygen atoms in total. The molecular formula is C19H17FN2O2. The van der Waals surface area contributed by atoms with Gasteiger partial charge >= 0.3 is 0 Å². The van der Waals surface area contributed by atoms with Crippen LogP contribution in [0.1, 0.15) is 30.1 Å². The average molecular weight is 324 g/mol. The Hall–Kier alpha value is -2.69. The van der Waals surface area contributed by atoms with Crippen molar-refractivity contribution in [1.29, 1.82) is 0 Å². The number of hydrogen-bond donors (Lipinski definition) is 0.